The van der Waals surface area contributed by atoms with Gasteiger partial charge in [0.2, 0.25) is 0 Å². The highest BCUT2D eigenvalue weighted by Crippen LogP contribution is 2.25. The number of hydrogen-bond donors (Lipinski definition) is 2. The molecular weight excluding hydrogens is 276 g/mol. The first-order valence-electron chi connectivity index (χ1n) is 8.19. The van der Waals surface area contributed by atoms with Gasteiger partial charge in [-0.3, -0.25) is 4.79 Å². The molecule has 0 atom stereocenters. The van der Waals surface area contributed by atoms with E-state index in [0.29, 0.717) is 5.92 Å². The van der Waals surface area contributed by atoms with Gasteiger partial charge in [0.1, 0.15) is 5.75 Å². The smallest absolute Gasteiger partial charge is 0.258 e. The van der Waals surface area contributed by atoms with Crippen molar-refractivity contribution >= 4 is 5.91 Å². The van der Waals surface area contributed by atoms with E-state index < -0.39 is 0 Å². The van der Waals surface area contributed by atoms with Crippen LogP contribution in [0.5, 0.6) is 5.75 Å². The van der Waals surface area contributed by atoms with Gasteiger partial charge < -0.3 is 15.8 Å². The highest BCUT2D eigenvalue weighted by Gasteiger charge is 2.21. The van der Waals surface area contributed by atoms with Crippen LogP contribution >= 0.6 is 0 Å². The monoisotopic (exact) mass is 304 g/mol. The number of aryl methyl sites for hydroxylation is 3. The number of amides is 1. The van der Waals surface area contributed by atoms with Crippen molar-refractivity contribution in [2.75, 3.05) is 13.2 Å². The maximum atomic E-state index is 12.1. The van der Waals surface area contributed by atoms with Crippen molar-refractivity contribution in [2.24, 2.45) is 11.7 Å². The number of ether oxygens (including phenoxy) is 1. The quantitative estimate of drug-likeness (QED) is 0.879. The van der Waals surface area contributed by atoms with Crippen LogP contribution < -0.4 is 15.8 Å². The molecule has 1 aliphatic carbocycles. The second-order valence-electron chi connectivity index (χ2n) is 6.54. The summed E-state index contributed by atoms with van der Waals surface area (Å²) in [6.45, 7) is 6.94. The zero-order valence-electron chi connectivity index (χ0n) is 13.9. The second kappa shape index (κ2) is 7.63. The van der Waals surface area contributed by atoms with Crippen LogP contribution in [0.2, 0.25) is 0 Å². The van der Waals surface area contributed by atoms with Gasteiger partial charge in [-0.1, -0.05) is 17.7 Å². The molecule has 0 bridgehead atoms. The Balaban J connectivity index is 1.81. The molecule has 0 unspecified atom stereocenters. The molecule has 2 rings (SSSR count). The van der Waals surface area contributed by atoms with Crippen LogP contribution in [0, 0.1) is 26.7 Å². The van der Waals surface area contributed by atoms with E-state index >= 15 is 0 Å². The van der Waals surface area contributed by atoms with E-state index in [1.807, 2.05) is 13.8 Å². The largest absolute Gasteiger partial charge is 0.483 e. The van der Waals surface area contributed by atoms with Crippen molar-refractivity contribution in [1.82, 2.24) is 5.32 Å². The third-order valence-electron chi connectivity index (χ3n) is 4.50. The van der Waals surface area contributed by atoms with Crippen LogP contribution in [-0.4, -0.2) is 25.1 Å². The Morgan fingerprint density at radius 2 is 1.77 bits per heavy atom. The van der Waals surface area contributed by atoms with Crippen LogP contribution in [0.1, 0.15) is 42.4 Å². The van der Waals surface area contributed by atoms with Crippen molar-refractivity contribution in [3.05, 3.63) is 28.8 Å². The maximum absolute atomic E-state index is 12.1. The lowest BCUT2D eigenvalue weighted by molar-refractivity contribution is -0.124. The van der Waals surface area contributed by atoms with Crippen LogP contribution in [0.15, 0.2) is 12.1 Å². The summed E-state index contributed by atoms with van der Waals surface area (Å²) in [5, 5.41) is 3.08. The number of rotatable bonds is 5. The maximum Gasteiger partial charge on any atom is 0.258 e. The summed E-state index contributed by atoms with van der Waals surface area (Å²) in [5.41, 5.74) is 9.06. The van der Waals surface area contributed by atoms with Gasteiger partial charge in [0, 0.05) is 6.04 Å². The Morgan fingerprint density at radius 1 is 1.18 bits per heavy atom. The first-order chi connectivity index (χ1) is 10.5. The minimum absolute atomic E-state index is 0.0319. The number of nitrogens with two attached hydrogens (primary N) is 1. The molecule has 4 heteroatoms. The molecule has 3 N–H and O–H groups in total. The standard InChI is InChI=1S/C18H28N2O2/c1-12-8-13(2)18(14(3)9-12)22-11-17(21)20-16-6-4-15(10-19)5-7-16/h8-9,15-16H,4-7,10-11,19H2,1-3H3,(H,20,21). The number of benzene rings is 1. The van der Waals surface area contributed by atoms with Crippen LogP contribution in [0.3, 0.4) is 0 Å². The summed E-state index contributed by atoms with van der Waals surface area (Å²) in [5.74, 6) is 1.42. The Bertz CT molecular complexity index is 497. The van der Waals surface area contributed by atoms with Crippen LogP contribution in [-0.2, 0) is 4.79 Å². The molecule has 1 fully saturated rings. The van der Waals surface area contributed by atoms with Gasteiger partial charge in [-0.15, -0.1) is 0 Å². The third-order valence-corrected chi connectivity index (χ3v) is 4.50. The Labute approximate surface area is 133 Å². The molecule has 0 saturated heterocycles. The molecule has 0 radical (unpaired) electrons. The molecule has 0 spiro atoms. The minimum atomic E-state index is -0.0319. The van der Waals surface area contributed by atoms with E-state index in [-0.39, 0.29) is 18.6 Å². The highest BCUT2D eigenvalue weighted by molar-refractivity contribution is 5.78. The zero-order chi connectivity index (χ0) is 16.1. The third kappa shape index (κ3) is 4.47. The molecule has 0 heterocycles. The van der Waals surface area contributed by atoms with Gasteiger partial charge in [0.05, 0.1) is 0 Å². The molecule has 1 aliphatic rings. The van der Waals surface area contributed by atoms with E-state index in [4.69, 9.17) is 10.5 Å². The average molecular weight is 304 g/mol. The molecule has 1 aromatic rings. The molecule has 1 aromatic carbocycles. The zero-order valence-corrected chi connectivity index (χ0v) is 13.9. The molecule has 122 valence electrons. The first kappa shape index (κ1) is 16.8. The van der Waals surface area contributed by atoms with E-state index in [1.54, 1.807) is 0 Å². The van der Waals surface area contributed by atoms with E-state index in [1.165, 1.54) is 5.56 Å². The molecule has 0 aromatic heterocycles. The summed E-state index contributed by atoms with van der Waals surface area (Å²) < 4.78 is 5.74. The Hall–Kier alpha value is -1.55. The van der Waals surface area contributed by atoms with Crippen molar-refractivity contribution in [1.29, 1.82) is 0 Å². The molecular formula is C18H28N2O2. The normalized spacial score (nSPS) is 21.5. The molecule has 1 saturated carbocycles. The van der Waals surface area contributed by atoms with Crippen molar-refractivity contribution in [2.45, 2.75) is 52.5 Å². The molecule has 1 amide bonds. The number of carbonyl (C=O) groups is 1. The Kier molecular flexibility index (Phi) is 5.83. The van der Waals surface area contributed by atoms with Gasteiger partial charge >= 0.3 is 0 Å². The molecule has 22 heavy (non-hydrogen) atoms. The van der Waals surface area contributed by atoms with Crippen molar-refractivity contribution in [3.63, 3.8) is 0 Å². The Morgan fingerprint density at radius 3 is 2.32 bits per heavy atom. The summed E-state index contributed by atoms with van der Waals surface area (Å²) >= 11 is 0. The number of hydrogen-bond acceptors (Lipinski definition) is 3. The van der Waals surface area contributed by atoms with Gasteiger partial charge in [0.25, 0.3) is 5.91 Å². The second-order valence-corrected chi connectivity index (χ2v) is 6.54. The predicted octanol–water partition coefficient (Wildman–Crippen LogP) is 2.62. The fourth-order valence-electron chi connectivity index (χ4n) is 3.34. The van der Waals surface area contributed by atoms with Gasteiger partial charge in [-0.25, -0.2) is 0 Å². The highest BCUT2D eigenvalue weighted by atomic mass is 16.5. The fourth-order valence-corrected chi connectivity index (χ4v) is 3.34. The van der Waals surface area contributed by atoms with E-state index in [0.717, 1.165) is 49.1 Å². The summed E-state index contributed by atoms with van der Waals surface area (Å²) in [6, 6.07) is 4.43. The average Bonchev–Trinajstić information content (AvgIpc) is 2.47. The lowest BCUT2D eigenvalue weighted by Crippen LogP contribution is -2.40. The molecule has 4 nitrogen and oxygen atoms in total. The predicted molar refractivity (Wildman–Crippen MR) is 89.1 cm³/mol. The lowest BCUT2D eigenvalue weighted by atomic mass is 9.86. The minimum Gasteiger partial charge on any atom is -0.483 e. The first-order valence-corrected chi connectivity index (χ1v) is 8.19. The fraction of sp³-hybridized carbons (Fsp3) is 0.611. The molecule has 0 aliphatic heterocycles. The van der Waals surface area contributed by atoms with Gasteiger partial charge in [0.15, 0.2) is 6.61 Å². The van der Waals surface area contributed by atoms with Crippen molar-refractivity contribution in [3.8, 4) is 5.75 Å². The van der Waals surface area contributed by atoms with E-state index in [2.05, 4.69) is 24.4 Å². The van der Waals surface area contributed by atoms with Crippen LogP contribution in [0.25, 0.3) is 0 Å². The SMILES string of the molecule is Cc1cc(C)c(OCC(=O)NC2CCC(CN)CC2)c(C)c1. The summed E-state index contributed by atoms with van der Waals surface area (Å²) in [4.78, 5) is 12.1. The lowest BCUT2D eigenvalue weighted by Gasteiger charge is -2.28. The topological polar surface area (TPSA) is 64.3 Å². The van der Waals surface area contributed by atoms with Gasteiger partial charge in [-0.2, -0.15) is 0 Å². The summed E-state index contributed by atoms with van der Waals surface area (Å²) in [6.07, 6.45) is 4.27. The van der Waals surface area contributed by atoms with Gasteiger partial charge in [-0.05, 0) is 70.0 Å². The van der Waals surface area contributed by atoms with Crippen LogP contribution in [0.4, 0.5) is 0 Å². The number of carbonyl (C=O) groups excluding carboxylic acids is 1. The summed E-state index contributed by atoms with van der Waals surface area (Å²) in [7, 11) is 0. The van der Waals surface area contributed by atoms with E-state index in [9.17, 15) is 4.79 Å². The van der Waals surface area contributed by atoms with Crippen molar-refractivity contribution < 1.29 is 9.53 Å². The number of nitrogens with one attached hydrogen (secondary N) is 1.